The topological polar surface area (TPSA) is 79.3 Å². The Labute approximate surface area is 106 Å². The molecule has 1 aromatic heterocycles. The lowest BCUT2D eigenvalue weighted by Crippen LogP contribution is -2.38. The first-order valence-corrected chi connectivity index (χ1v) is 5.72. The largest absolute Gasteiger partial charge is 0.480 e. The molecule has 1 rings (SSSR count). The molecule has 0 aliphatic heterocycles. The highest BCUT2D eigenvalue weighted by atomic mass is 16.4. The van der Waals surface area contributed by atoms with Gasteiger partial charge in [-0.2, -0.15) is 0 Å². The third-order valence-corrected chi connectivity index (χ3v) is 2.58. The van der Waals surface area contributed by atoms with Gasteiger partial charge in [0, 0.05) is 6.20 Å². The van der Waals surface area contributed by atoms with Crippen LogP contribution in [0.2, 0.25) is 0 Å². The van der Waals surface area contributed by atoms with Crippen LogP contribution in [0.3, 0.4) is 0 Å². The number of carboxylic acid groups (broad SMARTS) is 1. The van der Waals surface area contributed by atoms with Crippen LogP contribution in [-0.2, 0) is 10.2 Å². The van der Waals surface area contributed by atoms with Crippen LogP contribution < -0.4 is 5.32 Å². The van der Waals surface area contributed by atoms with E-state index in [0.29, 0.717) is 0 Å². The smallest absolute Gasteiger partial charge is 0.325 e. The predicted octanol–water partition coefficient (Wildman–Crippen LogP) is 1.58. The molecule has 2 N–H and O–H groups in total. The standard InChI is InChI=1S/C13H18N2O3/c1-8(12(17)18)15-11(16)10-6-5-9(7-14-10)13(2,3)4/h5-8H,1-4H3,(H,15,16)(H,17,18). The number of aromatic nitrogens is 1. The lowest BCUT2D eigenvalue weighted by molar-refractivity contribution is -0.138. The van der Waals surface area contributed by atoms with Crippen LogP contribution in [0.5, 0.6) is 0 Å². The van der Waals surface area contributed by atoms with E-state index in [1.165, 1.54) is 6.92 Å². The van der Waals surface area contributed by atoms with Gasteiger partial charge in [-0.25, -0.2) is 0 Å². The molecule has 1 heterocycles. The summed E-state index contributed by atoms with van der Waals surface area (Å²) in [5.74, 6) is -1.56. The Hall–Kier alpha value is -1.91. The van der Waals surface area contributed by atoms with E-state index in [2.05, 4.69) is 31.1 Å². The number of rotatable bonds is 3. The molecular formula is C13H18N2O3. The fourth-order valence-electron chi connectivity index (χ4n) is 1.30. The minimum atomic E-state index is -1.07. The summed E-state index contributed by atoms with van der Waals surface area (Å²) in [6, 6.07) is 2.50. The molecule has 0 fully saturated rings. The molecule has 18 heavy (non-hydrogen) atoms. The second-order valence-electron chi connectivity index (χ2n) is 5.22. The number of hydrogen-bond donors (Lipinski definition) is 2. The van der Waals surface area contributed by atoms with Gasteiger partial charge < -0.3 is 10.4 Å². The molecule has 0 saturated heterocycles. The van der Waals surface area contributed by atoms with Crippen molar-refractivity contribution in [3.8, 4) is 0 Å². The van der Waals surface area contributed by atoms with Crippen molar-refractivity contribution in [1.29, 1.82) is 0 Å². The van der Waals surface area contributed by atoms with Crippen molar-refractivity contribution < 1.29 is 14.7 Å². The van der Waals surface area contributed by atoms with Crippen LogP contribution in [-0.4, -0.2) is 28.0 Å². The summed E-state index contributed by atoms with van der Waals surface area (Å²) in [7, 11) is 0. The van der Waals surface area contributed by atoms with Crippen molar-refractivity contribution in [3.05, 3.63) is 29.6 Å². The highest BCUT2D eigenvalue weighted by molar-refractivity contribution is 5.94. The maximum absolute atomic E-state index is 11.7. The normalized spacial score (nSPS) is 12.9. The molecule has 0 aliphatic rings. The zero-order valence-electron chi connectivity index (χ0n) is 11.0. The lowest BCUT2D eigenvalue weighted by atomic mass is 9.88. The number of nitrogens with one attached hydrogen (secondary N) is 1. The van der Waals surface area contributed by atoms with Crippen LogP contribution in [0.4, 0.5) is 0 Å². The van der Waals surface area contributed by atoms with Gasteiger partial charge in [0.05, 0.1) is 0 Å². The zero-order chi connectivity index (χ0) is 13.9. The minimum absolute atomic E-state index is 0.0314. The Kier molecular flexibility index (Phi) is 4.06. The van der Waals surface area contributed by atoms with E-state index < -0.39 is 17.9 Å². The van der Waals surface area contributed by atoms with Crippen LogP contribution in [0.1, 0.15) is 43.7 Å². The van der Waals surface area contributed by atoms with Crippen molar-refractivity contribution in [1.82, 2.24) is 10.3 Å². The molecule has 0 spiro atoms. The van der Waals surface area contributed by atoms with E-state index in [1.54, 1.807) is 12.3 Å². The number of amides is 1. The summed E-state index contributed by atoms with van der Waals surface area (Å²) in [5.41, 5.74) is 1.21. The molecule has 0 saturated carbocycles. The monoisotopic (exact) mass is 250 g/mol. The van der Waals surface area contributed by atoms with Gasteiger partial charge in [-0.15, -0.1) is 0 Å². The summed E-state index contributed by atoms with van der Waals surface area (Å²) < 4.78 is 0. The van der Waals surface area contributed by atoms with E-state index in [0.717, 1.165) is 5.56 Å². The average Bonchev–Trinajstić information content (AvgIpc) is 2.27. The Morgan fingerprint density at radius 3 is 2.33 bits per heavy atom. The van der Waals surface area contributed by atoms with Gasteiger partial charge in [0.15, 0.2) is 0 Å². The van der Waals surface area contributed by atoms with Crippen molar-refractivity contribution in [3.63, 3.8) is 0 Å². The van der Waals surface area contributed by atoms with Crippen molar-refractivity contribution in [2.24, 2.45) is 0 Å². The molecule has 5 nitrogen and oxygen atoms in total. The molecule has 0 bridgehead atoms. The third-order valence-electron chi connectivity index (χ3n) is 2.58. The molecule has 1 unspecified atom stereocenters. The molecule has 1 aromatic rings. The van der Waals surface area contributed by atoms with Gasteiger partial charge >= 0.3 is 5.97 Å². The molecule has 1 amide bonds. The fourth-order valence-corrected chi connectivity index (χ4v) is 1.30. The first kappa shape index (κ1) is 14.2. The average molecular weight is 250 g/mol. The first-order chi connectivity index (χ1) is 8.21. The van der Waals surface area contributed by atoms with Gasteiger partial charge in [-0.05, 0) is 24.0 Å². The second-order valence-corrected chi connectivity index (χ2v) is 5.22. The Bertz CT molecular complexity index is 446. The number of aliphatic carboxylic acids is 1. The lowest BCUT2D eigenvalue weighted by Gasteiger charge is -2.18. The molecular weight excluding hydrogens is 232 g/mol. The maximum Gasteiger partial charge on any atom is 0.325 e. The number of carbonyl (C=O) groups is 2. The third kappa shape index (κ3) is 3.55. The number of carbonyl (C=O) groups excluding carboxylic acids is 1. The van der Waals surface area contributed by atoms with Gasteiger partial charge in [0.1, 0.15) is 11.7 Å². The summed E-state index contributed by atoms with van der Waals surface area (Å²) >= 11 is 0. The van der Waals surface area contributed by atoms with Crippen LogP contribution in [0.25, 0.3) is 0 Å². The van der Waals surface area contributed by atoms with Gasteiger partial charge in [-0.1, -0.05) is 26.8 Å². The maximum atomic E-state index is 11.7. The van der Waals surface area contributed by atoms with E-state index in [4.69, 9.17) is 5.11 Å². The van der Waals surface area contributed by atoms with Crippen molar-refractivity contribution in [2.45, 2.75) is 39.2 Å². The quantitative estimate of drug-likeness (QED) is 0.853. The molecule has 98 valence electrons. The highest BCUT2D eigenvalue weighted by Crippen LogP contribution is 2.20. The Morgan fingerprint density at radius 1 is 1.33 bits per heavy atom. The number of pyridine rings is 1. The predicted molar refractivity (Wildman–Crippen MR) is 67.5 cm³/mol. The summed E-state index contributed by atoms with van der Waals surface area (Å²) in [4.78, 5) is 26.4. The number of carboxylic acids is 1. The summed E-state index contributed by atoms with van der Waals surface area (Å²) in [6.07, 6.45) is 1.64. The van der Waals surface area contributed by atoms with Gasteiger partial charge in [0.2, 0.25) is 0 Å². The zero-order valence-corrected chi connectivity index (χ0v) is 11.0. The molecule has 0 aromatic carbocycles. The van der Waals surface area contributed by atoms with E-state index in [1.807, 2.05) is 6.07 Å². The Balaban J connectivity index is 2.80. The molecule has 5 heteroatoms. The second kappa shape index (κ2) is 5.16. The molecule has 1 atom stereocenters. The van der Waals surface area contributed by atoms with Crippen LogP contribution in [0, 0.1) is 0 Å². The number of hydrogen-bond acceptors (Lipinski definition) is 3. The number of nitrogens with zero attached hydrogens (tertiary/aromatic N) is 1. The van der Waals surface area contributed by atoms with E-state index >= 15 is 0 Å². The molecule has 0 aliphatic carbocycles. The first-order valence-electron chi connectivity index (χ1n) is 5.72. The molecule has 0 radical (unpaired) electrons. The Morgan fingerprint density at radius 2 is 1.94 bits per heavy atom. The van der Waals surface area contributed by atoms with Gasteiger partial charge in [0.25, 0.3) is 5.91 Å². The van der Waals surface area contributed by atoms with Crippen LogP contribution in [0.15, 0.2) is 18.3 Å². The fraction of sp³-hybridized carbons (Fsp3) is 0.462. The SMILES string of the molecule is CC(NC(=O)c1ccc(C(C)(C)C)cn1)C(=O)O. The minimum Gasteiger partial charge on any atom is -0.480 e. The summed E-state index contributed by atoms with van der Waals surface area (Å²) in [5, 5.41) is 11.0. The summed E-state index contributed by atoms with van der Waals surface area (Å²) in [6.45, 7) is 7.56. The van der Waals surface area contributed by atoms with Crippen molar-refractivity contribution in [2.75, 3.05) is 0 Å². The van der Waals surface area contributed by atoms with Gasteiger partial charge in [-0.3, -0.25) is 14.6 Å². The highest BCUT2D eigenvalue weighted by Gasteiger charge is 2.18. The van der Waals surface area contributed by atoms with E-state index in [-0.39, 0.29) is 11.1 Å². The van der Waals surface area contributed by atoms with Crippen LogP contribution >= 0.6 is 0 Å². The van der Waals surface area contributed by atoms with Crippen molar-refractivity contribution >= 4 is 11.9 Å². The van der Waals surface area contributed by atoms with E-state index in [9.17, 15) is 9.59 Å².